The van der Waals surface area contributed by atoms with Crippen LogP contribution in [-0.4, -0.2) is 30.1 Å². The van der Waals surface area contributed by atoms with E-state index in [2.05, 4.69) is 11.8 Å². The van der Waals surface area contributed by atoms with Crippen molar-refractivity contribution in [3.8, 4) is 0 Å². The molecule has 0 aromatic carbocycles. The van der Waals surface area contributed by atoms with Crippen molar-refractivity contribution in [3.63, 3.8) is 0 Å². The SMILES string of the molecule is CCCC1CCN(CC2(N)CC2)C1. The third-order valence-electron chi connectivity index (χ3n) is 3.50. The summed E-state index contributed by atoms with van der Waals surface area (Å²) >= 11 is 0. The Morgan fingerprint density at radius 1 is 1.46 bits per heavy atom. The Morgan fingerprint density at radius 3 is 2.85 bits per heavy atom. The first-order chi connectivity index (χ1) is 6.22. The molecule has 2 rings (SSSR count). The molecule has 1 unspecified atom stereocenters. The van der Waals surface area contributed by atoms with E-state index >= 15 is 0 Å². The van der Waals surface area contributed by atoms with Crippen LogP contribution in [0.5, 0.6) is 0 Å². The van der Waals surface area contributed by atoms with Gasteiger partial charge in [0.05, 0.1) is 0 Å². The average Bonchev–Trinajstić information content (AvgIpc) is 2.61. The molecule has 13 heavy (non-hydrogen) atoms. The highest BCUT2D eigenvalue weighted by Crippen LogP contribution is 2.34. The predicted octanol–water partition coefficient (Wildman–Crippen LogP) is 1.60. The molecule has 0 bridgehead atoms. The van der Waals surface area contributed by atoms with Crippen LogP contribution in [-0.2, 0) is 0 Å². The average molecular weight is 182 g/mol. The van der Waals surface area contributed by atoms with Crippen molar-refractivity contribution >= 4 is 0 Å². The van der Waals surface area contributed by atoms with Crippen LogP contribution >= 0.6 is 0 Å². The number of rotatable bonds is 4. The van der Waals surface area contributed by atoms with E-state index in [1.807, 2.05) is 0 Å². The lowest BCUT2D eigenvalue weighted by molar-refractivity contribution is 0.291. The van der Waals surface area contributed by atoms with Crippen molar-refractivity contribution in [2.24, 2.45) is 11.7 Å². The maximum absolute atomic E-state index is 6.10. The van der Waals surface area contributed by atoms with Gasteiger partial charge in [0.1, 0.15) is 0 Å². The second-order valence-electron chi connectivity index (χ2n) is 5.04. The van der Waals surface area contributed by atoms with Gasteiger partial charge in [0.25, 0.3) is 0 Å². The summed E-state index contributed by atoms with van der Waals surface area (Å²) in [6.07, 6.45) is 6.66. The van der Waals surface area contributed by atoms with Gasteiger partial charge in [-0.15, -0.1) is 0 Å². The molecule has 2 aliphatic rings. The van der Waals surface area contributed by atoms with Gasteiger partial charge in [0.15, 0.2) is 0 Å². The summed E-state index contributed by atoms with van der Waals surface area (Å²) in [6, 6.07) is 0. The Kier molecular flexibility index (Phi) is 2.61. The van der Waals surface area contributed by atoms with Crippen LogP contribution in [0.25, 0.3) is 0 Å². The van der Waals surface area contributed by atoms with Crippen molar-refractivity contribution < 1.29 is 0 Å². The quantitative estimate of drug-likeness (QED) is 0.715. The predicted molar refractivity (Wildman–Crippen MR) is 55.6 cm³/mol. The molecule has 1 saturated carbocycles. The second-order valence-corrected chi connectivity index (χ2v) is 5.04. The van der Waals surface area contributed by atoms with Crippen LogP contribution in [0.3, 0.4) is 0 Å². The van der Waals surface area contributed by atoms with E-state index in [0.29, 0.717) is 0 Å². The summed E-state index contributed by atoms with van der Waals surface area (Å²) < 4.78 is 0. The molecule has 1 heterocycles. The zero-order valence-corrected chi connectivity index (χ0v) is 8.76. The minimum absolute atomic E-state index is 0.223. The van der Waals surface area contributed by atoms with Crippen molar-refractivity contribution in [2.75, 3.05) is 19.6 Å². The molecule has 0 aromatic heterocycles. The van der Waals surface area contributed by atoms with Gasteiger partial charge in [0, 0.05) is 18.6 Å². The van der Waals surface area contributed by atoms with Gasteiger partial charge in [0.2, 0.25) is 0 Å². The van der Waals surface area contributed by atoms with Crippen molar-refractivity contribution in [1.82, 2.24) is 4.90 Å². The Labute approximate surface area is 81.5 Å². The molecule has 1 atom stereocenters. The monoisotopic (exact) mass is 182 g/mol. The summed E-state index contributed by atoms with van der Waals surface area (Å²) in [7, 11) is 0. The van der Waals surface area contributed by atoms with Gasteiger partial charge in [-0.1, -0.05) is 13.3 Å². The largest absolute Gasteiger partial charge is 0.324 e. The highest BCUT2D eigenvalue weighted by atomic mass is 15.2. The Hall–Kier alpha value is -0.0800. The summed E-state index contributed by atoms with van der Waals surface area (Å²) in [5, 5.41) is 0. The first kappa shape index (κ1) is 9.47. The third kappa shape index (κ3) is 2.44. The van der Waals surface area contributed by atoms with E-state index in [1.165, 1.54) is 45.2 Å². The first-order valence-corrected chi connectivity index (χ1v) is 5.73. The van der Waals surface area contributed by atoms with E-state index in [1.54, 1.807) is 0 Å². The van der Waals surface area contributed by atoms with Gasteiger partial charge in [-0.2, -0.15) is 0 Å². The number of hydrogen-bond donors (Lipinski definition) is 1. The zero-order valence-electron chi connectivity index (χ0n) is 8.76. The fraction of sp³-hybridized carbons (Fsp3) is 1.00. The number of nitrogens with two attached hydrogens (primary N) is 1. The molecule has 2 heteroatoms. The van der Waals surface area contributed by atoms with Gasteiger partial charge in [-0.3, -0.25) is 0 Å². The topological polar surface area (TPSA) is 29.3 Å². The molecule has 0 spiro atoms. The Morgan fingerprint density at radius 2 is 2.23 bits per heavy atom. The van der Waals surface area contributed by atoms with Crippen molar-refractivity contribution in [1.29, 1.82) is 0 Å². The molecule has 1 saturated heterocycles. The van der Waals surface area contributed by atoms with Crippen LogP contribution in [0.15, 0.2) is 0 Å². The summed E-state index contributed by atoms with van der Waals surface area (Å²) in [5.41, 5.74) is 6.33. The molecule has 2 N–H and O–H groups in total. The minimum atomic E-state index is 0.223. The lowest BCUT2D eigenvalue weighted by Gasteiger charge is -2.19. The summed E-state index contributed by atoms with van der Waals surface area (Å²) in [5.74, 6) is 0.965. The Bertz CT molecular complexity index is 175. The maximum Gasteiger partial charge on any atom is 0.0284 e. The van der Waals surface area contributed by atoms with Crippen LogP contribution in [0.4, 0.5) is 0 Å². The van der Waals surface area contributed by atoms with Crippen LogP contribution < -0.4 is 5.73 Å². The Balaban J connectivity index is 1.71. The fourth-order valence-electron chi connectivity index (χ4n) is 2.46. The highest BCUT2D eigenvalue weighted by Gasteiger charge is 2.40. The lowest BCUT2D eigenvalue weighted by Crippen LogP contribution is -2.38. The minimum Gasteiger partial charge on any atom is -0.324 e. The number of nitrogens with zero attached hydrogens (tertiary/aromatic N) is 1. The molecule has 0 amide bonds. The normalized spacial score (nSPS) is 32.3. The standard InChI is InChI=1S/C11H22N2/c1-2-3-10-4-7-13(8-10)9-11(12)5-6-11/h10H,2-9,12H2,1H3. The van der Waals surface area contributed by atoms with E-state index in [-0.39, 0.29) is 5.54 Å². The molecule has 2 nitrogen and oxygen atoms in total. The van der Waals surface area contributed by atoms with E-state index in [9.17, 15) is 0 Å². The van der Waals surface area contributed by atoms with Gasteiger partial charge >= 0.3 is 0 Å². The van der Waals surface area contributed by atoms with Crippen LogP contribution in [0.1, 0.15) is 39.0 Å². The van der Waals surface area contributed by atoms with Crippen LogP contribution in [0.2, 0.25) is 0 Å². The van der Waals surface area contributed by atoms with E-state index in [4.69, 9.17) is 5.73 Å². The molecule has 1 aliphatic carbocycles. The third-order valence-corrected chi connectivity index (χ3v) is 3.50. The highest BCUT2D eigenvalue weighted by molar-refractivity contribution is 5.01. The fourth-order valence-corrected chi connectivity index (χ4v) is 2.46. The van der Waals surface area contributed by atoms with Gasteiger partial charge < -0.3 is 10.6 Å². The number of likely N-dealkylation sites (tertiary alicyclic amines) is 1. The number of hydrogen-bond acceptors (Lipinski definition) is 2. The molecular weight excluding hydrogens is 160 g/mol. The van der Waals surface area contributed by atoms with E-state index in [0.717, 1.165) is 12.5 Å². The molecular formula is C11H22N2. The van der Waals surface area contributed by atoms with Gasteiger partial charge in [-0.25, -0.2) is 0 Å². The lowest BCUT2D eigenvalue weighted by atomic mass is 10.0. The molecule has 0 aromatic rings. The van der Waals surface area contributed by atoms with Gasteiger partial charge in [-0.05, 0) is 38.1 Å². The molecule has 76 valence electrons. The van der Waals surface area contributed by atoms with E-state index < -0.39 is 0 Å². The van der Waals surface area contributed by atoms with Crippen LogP contribution in [0, 0.1) is 5.92 Å². The second kappa shape index (κ2) is 3.58. The summed E-state index contributed by atoms with van der Waals surface area (Å²) in [6.45, 7) is 6.05. The molecule has 2 fully saturated rings. The zero-order chi connectivity index (χ0) is 9.31. The maximum atomic E-state index is 6.10. The van der Waals surface area contributed by atoms with Crippen molar-refractivity contribution in [3.05, 3.63) is 0 Å². The first-order valence-electron chi connectivity index (χ1n) is 5.73. The van der Waals surface area contributed by atoms with Crippen molar-refractivity contribution in [2.45, 2.75) is 44.6 Å². The molecule has 1 aliphatic heterocycles. The smallest absolute Gasteiger partial charge is 0.0284 e. The molecule has 0 radical (unpaired) electrons. The summed E-state index contributed by atoms with van der Waals surface area (Å²) in [4.78, 5) is 2.58.